The Morgan fingerprint density at radius 1 is 1.16 bits per heavy atom. The molecule has 6 nitrogen and oxygen atoms in total. The van der Waals surface area contributed by atoms with Crippen LogP contribution >= 0.6 is 12.3 Å². The number of aromatic nitrogens is 4. The van der Waals surface area contributed by atoms with Crippen LogP contribution in [0, 0.1) is 5.82 Å². The van der Waals surface area contributed by atoms with Gasteiger partial charge in [-0.15, -0.1) is 14.1 Å². The number of halogens is 4. The van der Waals surface area contributed by atoms with E-state index in [1.807, 2.05) is 0 Å². The minimum absolute atomic E-state index is 0.0175. The molecule has 0 spiro atoms. The molecular weight excluding hydrogens is 436 g/mol. The van der Waals surface area contributed by atoms with Gasteiger partial charge in [-0.05, 0) is 24.8 Å². The van der Waals surface area contributed by atoms with Crippen LogP contribution in [0.15, 0.2) is 40.9 Å². The second kappa shape index (κ2) is 7.34. The standard InChI is InChI=1S/C20H14F4N4O2S/c21-13-8-14-16(12(9-28(14)31-24)18-26-27-19(30-18)17(22)23)25-15(13)10-2-4-11(5-3-10)20(29)6-1-7-20/h2-5,8-9,17,29H,1,6-7H2. The Bertz CT molecular complexity index is 1270. The first-order valence-corrected chi connectivity index (χ1v) is 10.0. The van der Waals surface area contributed by atoms with Gasteiger partial charge >= 0.3 is 6.43 Å². The fraction of sp³-hybridized carbons (Fsp3) is 0.250. The molecule has 0 amide bonds. The van der Waals surface area contributed by atoms with Crippen LogP contribution in [0.5, 0.6) is 0 Å². The third-order valence-corrected chi connectivity index (χ3v) is 5.95. The van der Waals surface area contributed by atoms with Crippen molar-refractivity contribution in [3.63, 3.8) is 0 Å². The van der Waals surface area contributed by atoms with Gasteiger partial charge < -0.3 is 9.52 Å². The summed E-state index contributed by atoms with van der Waals surface area (Å²) in [5, 5.41) is 17.3. The van der Waals surface area contributed by atoms with Crippen molar-refractivity contribution in [2.75, 3.05) is 0 Å². The number of nitrogens with zero attached hydrogens (tertiary/aromatic N) is 4. The molecule has 0 unspecified atom stereocenters. The highest BCUT2D eigenvalue weighted by Crippen LogP contribution is 2.42. The predicted molar refractivity (Wildman–Crippen MR) is 105 cm³/mol. The van der Waals surface area contributed by atoms with Gasteiger partial charge in [-0.3, -0.25) is 3.97 Å². The third kappa shape index (κ3) is 3.28. The third-order valence-electron chi connectivity index (χ3n) is 5.50. The topological polar surface area (TPSA) is 77.0 Å². The van der Waals surface area contributed by atoms with Crippen LogP contribution in [0.4, 0.5) is 17.1 Å². The summed E-state index contributed by atoms with van der Waals surface area (Å²) in [6, 6.07) is 7.83. The van der Waals surface area contributed by atoms with Crippen molar-refractivity contribution < 1.29 is 26.6 Å². The number of alkyl halides is 2. The molecular formula is C20H14F4N4O2S. The van der Waals surface area contributed by atoms with E-state index in [0.717, 1.165) is 22.0 Å². The van der Waals surface area contributed by atoms with Crippen molar-refractivity contribution >= 4 is 23.4 Å². The first-order valence-electron chi connectivity index (χ1n) is 9.35. The molecule has 160 valence electrons. The van der Waals surface area contributed by atoms with E-state index < -0.39 is 23.7 Å². The molecule has 5 rings (SSSR count). The molecule has 1 aliphatic carbocycles. The Morgan fingerprint density at radius 3 is 2.48 bits per heavy atom. The zero-order valence-electron chi connectivity index (χ0n) is 15.7. The first kappa shape index (κ1) is 20.0. The molecule has 11 heteroatoms. The molecule has 1 saturated carbocycles. The summed E-state index contributed by atoms with van der Waals surface area (Å²) in [6.07, 6.45) is 0.556. The summed E-state index contributed by atoms with van der Waals surface area (Å²) in [7, 11) is 0. The largest absolute Gasteiger partial charge is 0.415 e. The summed E-state index contributed by atoms with van der Waals surface area (Å²) in [5.74, 6) is -1.85. The Labute approximate surface area is 177 Å². The Morgan fingerprint density at radius 2 is 1.90 bits per heavy atom. The lowest BCUT2D eigenvalue weighted by atomic mass is 9.75. The van der Waals surface area contributed by atoms with Crippen molar-refractivity contribution in [3.8, 4) is 22.7 Å². The van der Waals surface area contributed by atoms with Crippen molar-refractivity contribution in [3.05, 3.63) is 53.8 Å². The number of benzene rings is 1. The normalized spacial score (nSPS) is 15.5. The van der Waals surface area contributed by atoms with Crippen LogP contribution in [0.2, 0.25) is 0 Å². The van der Waals surface area contributed by atoms with Gasteiger partial charge in [0.25, 0.3) is 11.8 Å². The van der Waals surface area contributed by atoms with Gasteiger partial charge in [0.05, 0.1) is 16.7 Å². The SMILES string of the molecule is OC1(c2ccc(-c3nc4c(-c5nnc(C(F)F)o5)cn(SF)c4cc3F)cc2)CCC1. The van der Waals surface area contributed by atoms with Gasteiger partial charge in [0, 0.05) is 17.8 Å². The maximum atomic E-state index is 14.8. The molecule has 1 aromatic carbocycles. The maximum absolute atomic E-state index is 14.8. The number of hydrogen-bond donors (Lipinski definition) is 1. The van der Waals surface area contributed by atoms with Gasteiger partial charge in [0.1, 0.15) is 11.2 Å². The van der Waals surface area contributed by atoms with Crippen molar-refractivity contribution in [1.29, 1.82) is 0 Å². The zero-order chi connectivity index (χ0) is 21.8. The summed E-state index contributed by atoms with van der Waals surface area (Å²) in [5.41, 5.74) is 0.620. The molecule has 1 aliphatic rings. The summed E-state index contributed by atoms with van der Waals surface area (Å²) < 4.78 is 59.8. The van der Waals surface area contributed by atoms with Crippen molar-refractivity contribution in [1.82, 2.24) is 19.2 Å². The molecule has 3 heterocycles. The molecule has 4 aromatic rings. The Balaban J connectivity index is 1.62. The lowest BCUT2D eigenvalue weighted by Crippen LogP contribution is -2.33. The highest BCUT2D eigenvalue weighted by atomic mass is 32.2. The zero-order valence-corrected chi connectivity index (χ0v) is 16.5. The van der Waals surface area contributed by atoms with Gasteiger partial charge in [-0.1, -0.05) is 24.3 Å². The fourth-order valence-corrected chi connectivity index (χ4v) is 4.04. The number of rotatable bonds is 5. The van der Waals surface area contributed by atoms with E-state index in [1.54, 1.807) is 24.3 Å². The molecule has 0 atom stereocenters. The fourth-order valence-electron chi connectivity index (χ4n) is 3.68. The minimum Gasteiger partial charge on any atom is -0.415 e. The average molecular weight is 450 g/mol. The lowest BCUT2D eigenvalue weighted by Gasteiger charge is -2.37. The Hall–Kier alpha value is -2.92. The van der Waals surface area contributed by atoms with Gasteiger partial charge in [-0.25, -0.2) is 9.37 Å². The van der Waals surface area contributed by atoms with E-state index in [0.29, 0.717) is 18.4 Å². The van der Waals surface area contributed by atoms with Crippen LogP contribution in [0.3, 0.4) is 0 Å². The second-order valence-corrected chi connectivity index (χ2v) is 7.86. The first-order chi connectivity index (χ1) is 14.9. The number of pyridine rings is 1. The highest BCUT2D eigenvalue weighted by molar-refractivity contribution is 7.92. The van der Waals surface area contributed by atoms with E-state index in [-0.39, 0.29) is 40.5 Å². The lowest BCUT2D eigenvalue weighted by molar-refractivity contribution is -0.0387. The summed E-state index contributed by atoms with van der Waals surface area (Å²) in [6.45, 7) is 0. The van der Waals surface area contributed by atoms with Crippen LogP contribution in [0.25, 0.3) is 33.7 Å². The van der Waals surface area contributed by atoms with Crippen LogP contribution in [-0.2, 0) is 5.60 Å². The van der Waals surface area contributed by atoms with Crippen molar-refractivity contribution in [2.24, 2.45) is 0 Å². The van der Waals surface area contributed by atoms with Gasteiger partial charge in [0.2, 0.25) is 0 Å². The summed E-state index contributed by atoms with van der Waals surface area (Å²) >= 11 is -0.205. The van der Waals surface area contributed by atoms with E-state index in [9.17, 15) is 22.2 Å². The molecule has 0 saturated heterocycles. The molecule has 1 fully saturated rings. The molecule has 0 radical (unpaired) electrons. The predicted octanol–water partition coefficient (Wildman–Crippen LogP) is 5.58. The monoisotopic (exact) mass is 450 g/mol. The Kier molecular flexibility index (Phi) is 4.74. The second-order valence-electron chi connectivity index (χ2n) is 7.33. The van der Waals surface area contributed by atoms with Crippen LogP contribution < -0.4 is 0 Å². The van der Waals surface area contributed by atoms with E-state index in [4.69, 9.17) is 4.42 Å². The molecule has 3 aromatic heterocycles. The molecule has 31 heavy (non-hydrogen) atoms. The van der Waals surface area contributed by atoms with Crippen LogP contribution in [0.1, 0.15) is 37.1 Å². The molecule has 0 bridgehead atoms. The summed E-state index contributed by atoms with van der Waals surface area (Å²) in [4.78, 5) is 4.32. The quantitative estimate of drug-likeness (QED) is 0.400. The highest BCUT2D eigenvalue weighted by Gasteiger charge is 2.36. The average Bonchev–Trinajstić information content (AvgIpc) is 3.36. The van der Waals surface area contributed by atoms with E-state index in [2.05, 4.69) is 15.2 Å². The molecule has 1 N–H and O–H groups in total. The number of fused-ring (bicyclic) bond motifs is 1. The minimum atomic E-state index is -2.96. The van der Waals surface area contributed by atoms with Gasteiger partial charge in [0.15, 0.2) is 18.2 Å². The van der Waals surface area contributed by atoms with Gasteiger partial charge in [-0.2, -0.15) is 8.78 Å². The number of hydrogen-bond acceptors (Lipinski definition) is 6. The van der Waals surface area contributed by atoms with Crippen LogP contribution in [-0.4, -0.2) is 24.3 Å². The van der Waals surface area contributed by atoms with E-state index in [1.165, 1.54) is 6.20 Å². The smallest absolute Gasteiger partial charge is 0.314 e. The molecule has 0 aliphatic heterocycles. The van der Waals surface area contributed by atoms with Crippen molar-refractivity contribution in [2.45, 2.75) is 31.3 Å². The van der Waals surface area contributed by atoms with E-state index >= 15 is 0 Å². The number of aliphatic hydroxyl groups is 1. The maximum Gasteiger partial charge on any atom is 0.314 e.